The average Bonchev–Trinajstić information content (AvgIpc) is 2.63. The van der Waals surface area contributed by atoms with E-state index in [4.69, 9.17) is 13.6 Å². The van der Waals surface area contributed by atoms with E-state index in [9.17, 15) is 4.79 Å². The molecule has 5 nitrogen and oxygen atoms in total. The summed E-state index contributed by atoms with van der Waals surface area (Å²) in [7, 11) is 0.663. The van der Waals surface area contributed by atoms with E-state index in [-0.39, 0.29) is 15.9 Å². The lowest BCUT2D eigenvalue weighted by atomic mass is 10.3. The van der Waals surface area contributed by atoms with Gasteiger partial charge in [-0.25, -0.2) is 4.79 Å². The van der Waals surface area contributed by atoms with Crippen LogP contribution in [0.25, 0.3) is 0 Å². The molecule has 1 rings (SSSR count). The lowest BCUT2D eigenvalue weighted by Gasteiger charge is -2.07. The summed E-state index contributed by atoms with van der Waals surface area (Å²) in [4.78, 5) is 10.6. The Kier molecular flexibility index (Phi) is 6.65. The van der Waals surface area contributed by atoms with Crippen molar-refractivity contribution in [3.63, 3.8) is 0 Å². The molecule has 1 aliphatic rings. The highest BCUT2D eigenvalue weighted by Crippen LogP contribution is 2.06. The Morgan fingerprint density at radius 3 is 3.07 bits per heavy atom. The fourth-order valence-electron chi connectivity index (χ4n) is 1.29. The molecule has 88 valence electrons. The molecule has 1 atom stereocenters. The monoisotopic (exact) mass is 250 g/mol. The molecule has 0 aromatic carbocycles. The summed E-state index contributed by atoms with van der Waals surface area (Å²) in [5, 5.41) is 0. The molecule has 0 radical (unpaired) electrons. The molecule has 0 aromatic heterocycles. The Morgan fingerprint density at radius 1 is 1.53 bits per heavy atom. The quantitative estimate of drug-likeness (QED) is 0.318. The number of carbonyl (C=O) groups excluding carboxylic acids is 1. The molecule has 1 fully saturated rings. The van der Waals surface area contributed by atoms with E-state index >= 15 is 0 Å². The van der Waals surface area contributed by atoms with Gasteiger partial charge in [0.2, 0.25) is 0 Å². The maximum Gasteiger partial charge on any atom is 0.508 e. The van der Waals surface area contributed by atoms with Crippen molar-refractivity contribution in [2.75, 3.05) is 19.8 Å². The molecule has 7 heteroatoms. The molecule has 0 bridgehead atoms. The number of unbranched alkanes of at least 4 members (excludes halogenated alkanes) is 1. The minimum absolute atomic E-state index is 0.211. The molecule has 0 N–H and O–H groups in total. The summed E-state index contributed by atoms with van der Waals surface area (Å²) in [6.45, 7) is 1.49. The zero-order chi connectivity index (χ0) is 10.9. The Labute approximate surface area is 94.9 Å². The third-order valence-corrected chi connectivity index (χ3v) is 4.51. The smallest absolute Gasteiger partial charge is 0.468 e. The van der Waals surface area contributed by atoms with Crippen LogP contribution in [0.1, 0.15) is 12.8 Å². The lowest BCUT2D eigenvalue weighted by Crippen LogP contribution is -2.18. The fraction of sp³-hybridized carbons (Fsp3) is 0.875. The lowest BCUT2D eigenvalue weighted by molar-refractivity contribution is 0.0448. The van der Waals surface area contributed by atoms with Crippen molar-refractivity contribution >= 4 is 26.4 Å². The van der Waals surface area contributed by atoms with Crippen LogP contribution >= 0.6 is 0 Å². The van der Waals surface area contributed by atoms with Gasteiger partial charge >= 0.3 is 6.16 Å². The standard InChI is InChI=1S/C8H18O5Si2/c9-8-11-6-7(12-8)5-10-3-1-2-4-15-13-14/h7H,1-6,15H2,14H3. The van der Waals surface area contributed by atoms with Gasteiger partial charge in [-0.05, 0) is 12.5 Å². The first-order valence-corrected chi connectivity index (χ1v) is 7.62. The average molecular weight is 250 g/mol. The summed E-state index contributed by atoms with van der Waals surface area (Å²) in [6.07, 6.45) is 1.44. The second-order valence-corrected chi connectivity index (χ2v) is 6.85. The van der Waals surface area contributed by atoms with Gasteiger partial charge in [-0.2, -0.15) is 0 Å². The number of cyclic esters (lactones) is 2. The topological polar surface area (TPSA) is 54.0 Å². The van der Waals surface area contributed by atoms with E-state index in [0.717, 1.165) is 23.5 Å². The first-order valence-electron chi connectivity index (χ1n) is 5.23. The minimum Gasteiger partial charge on any atom is -0.468 e. The Hall–Kier alpha value is -0.376. The molecule has 1 aliphatic heterocycles. The molecule has 0 aliphatic carbocycles. The molecule has 0 spiro atoms. The first-order chi connectivity index (χ1) is 7.33. The van der Waals surface area contributed by atoms with Gasteiger partial charge in [0.1, 0.15) is 26.9 Å². The zero-order valence-electron chi connectivity index (χ0n) is 9.07. The second-order valence-electron chi connectivity index (χ2n) is 3.43. The van der Waals surface area contributed by atoms with Gasteiger partial charge in [0.15, 0.2) is 6.10 Å². The maximum absolute atomic E-state index is 10.6. The van der Waals surface area contributed by atoms with Crippen LogP contribution in [0.15, 0.2) is 0 Å². The van der Waals surface area contributed by atoms with E-state index in [1.165, 1.54) is 12.5 Å². The van der Waals surface area contributed by atoms with Gasteiger partial charge in [0.25, 0.3) is 0 Å². The Morgan fingerprint density at radius 2 is 2.40 bits per heavy atom. The Balaban J connectivity index is 1.83. The highest BCUT2D eigenvalue weighted by atomic mass is 28.3. The molecule has 0 aromatic rings. The van der Waals surface area contributed by atoms with Crippen LogP contribution in [0.4, 0.5) is 4.79 Å². The molecule has 0 amide bonds. The predicted octanol–water partition coefficient (Wildman–Crippen LogP) is -0.882. The van der Waals surface area contributed by atoms with Crippen molar-refractivity contribution in [1.29, 1.82) is 0 Å². The van der Waals surface area contributed by atoms with Gasteiger partial charge in [0.05, 0.1) is 6.61 Å². The molecular formula is C8H18O5Si2. The fourth-order valence-corrected chi connectivity index (χ4v) is 3.00. The van der Waals surface area contributed by atoms with Crippen LogP contribution in [0.5, 0.6) is 0 Å². The molecule has 0 saturated carbocycles. The van der Waals surface area contributed by atoms with Crippen LogP contribution in [-0.2, 0) is 18.3 Å². The normalized spacial score (nSPS) is 21.1. The SMILES string of the molecule is O=C1OCC(COCCCC[SiH2]O[SiH3])O1. The van der Waals surface area contributed by atoms with Gasteiger partial charge in [-0.3, -0.25) is 0 Å². The van der Waals surface area contributed by atoms with Crippen molar-refractivity contribution in [3.05, 3.63) is 0 Å². The van der Waals surface area contributed by atoms with Crippen molar-refractivity contribution in [2.24, 2.45) is 0 Å². The van der Waals surface area contributed by atoms with Crippen molar-refractivity contribution in [1.82, 2.24) is 0 Å². The number of ether oxygens (including phenoxy) is 3. The molecule has 1 saturated heterocycles. The number of rotatable bonds is 8. The highest BCUT2D eigenvalue weighted by Gasteiger charge is 2.24. The van der Waals surface area contributed by atoms with E-state index in [1.807, 2.05) is 0 Å². The van der Waals surface area contributed by atoms with Crippen LogP contribution in [0.3, 0.4) is 0 Å². The number of hydrogen-bond donors (Lipinski definition) is 0. The van der Waals surface area contributed by atoms with E-state index in [2.05, 4.69) is 4.74 Å². The predicted molar refractivity (Wildman–Crippen MR) is 60.6 cm³/mol. The van der Waals surface area contributed by atoms with Crippen LogP contribution in [0, 0.1) is 0 Å². The molecular weight excluding hydrogens is 232 g/mol. The third-order valence-electron chi connectivity index (χ3n) is 2.09. The Bertz CT molecular complexity index is 190. The van der Waals surface area contributed by atoms with Gasteiger partial charge < -0.3 is 18.3 Å². The summed E-state index contributed by atoms with van der Waals surface area (Å²) in [6, 6.07) is 1.23. The van der Waals surface area contributed by atoms with E-state index in [0.29, 0.717) is 13.2 Å². The summed E-state index contributed by atoms with van der Waals surface area (Å²) in [5.74, 6) is 0. The molecule has 1 heterocycles. The summed E-state index contributed by atoms with van der Waals surface area (Å²) in [5.41, 5.74) is 0. The van der Waals surface area contributed by atoms with Crippen molar-refractivity contribution in [3.8, 4) is 0 Å². The largest absolute Gasteiger partial charge is 0.508 e. The maximum atomic E-state index is 10.6. The summed E-state index contributed by atoms with van der Waals surface area (Å²) < 4.78 is 20.0. The van der Waals surface area contributed by atoms with Crippen LogP contribution in [0.2, 0.25) is 6.04 Å². The third kappa shape index (κ3) is 5.93. The van der Waals surface area contributed by atoms with E-state index in [1.54, 1.807) is 0 Å². The van der Waals surface area contributed by atoms with Crippen LogP contribution < -0.4 is 0 Å². The van der Waals surface area contributed by atoms with Crippen molar-refractivity contribution in [2.45, 2.75) is 25.0 Å². The molecule has 15 heavy (non-hydrogen) atoms. The number of carbonyl (C=O) groups is 1. The van der Waals surface area contributed by atoms with Gasteiger partial charge in [-0.1, -0.05) is 6.42 Å². The second kappa shape index (κ2) is 7.86. The highest BCUT2D eigenvalue weighted by molar-refractivity contribution is 6.34. The van der Waals surface area contributed by atoms with Gasteiger partial charge in [-0.15, -0.1) is 0 Å². The minimum atomic E-state index is -0.584. The summed E-state index contributed by atoms with van der Waals surface area (Å²) >= 11 is 0. The number of hydrogen-bond acceptors (Lipinski definition) is 5. The first kappa shape index (κ1) is 12.7. The van der Waals surface area contributed by atoms with Gasteiger partial charge in [0, 0.05) is 6.61 Å². The van der Waals surface area contributed by atoms with Crippen molar-refractivity contribution < 1.29 is 23.1 Å². The van der Waals surface area contributed by atoms with E-state index < -0.39 is 6.16 Å². The van der Waals surface area contributed by atoms with Crippen LogP contribution in [-0.4, -0.2) is 52.3 Å². The zero-order valence-corrected chi connectivity index (χ0v) is 12.5. The molecule has 1 unspecified atom stereocenters.